The van der Waals surface area contributed by atoms with Gasteiger partial charge in [0.2, 0.25) is 10.9 Å². The van der Waals surface area contributed by atoms with Crippen LogP contribution in [0.5, 0.6) is 0 Å². The van der Waals surface area contributed by atoms with Crippen molar-refractivity contribution in [3.05, 3.63) is 145 Å². The van der Waals surface area contributed by atoms with Gasteiger partial charge in [0.25, 0.3) is 11.8 Å². The number of rotatable bonds is 6. The molecule has 232 valence electrons. The van der Waals surface area contributed by atoms with Crippen LogP contribution in [0.4, 0.5) is 10.8 Å². The van der Waals surface area contributed by atoms with Crippen molar-refractivity contribution in [1.29, 1.82) is 0 Å². The second-order valence-electron chi connectivity index (χ2n) is 11.3. The molecule has 8 nitrogen and oxygen atoms in total. The zero-order valence-electron chi connectivity index (χ0n) is 24.6. The number of para-hydroxylation sites is 1. The number of fused-ring (bicyclic) bond motifs is 5. The second-order valence-corrected chi connectivity index (χ2v) is 14.3. The van der Waals surface area contributed by atoms with E-state index in [4.69, 9.17) is 27.6 Å². The molecule has 2 amide bonds. The van der Waals surface area contributed by atoms with Gasteiger partial charge in [0.15, 0.2) is 15.3 Å². The minimum atomic E-state index is -1.89. The summed E-state index contributed by atoms with van der Waals surface area (Å²) < 4.78 is 6.75. The van der Waals surface area contributed by atoms with Crippen LogP contribution >= 0.6 is 46.3 Å². The smallest absolute Gasteiger partial charge is 0.297 e. The fourth-order valence-electron chi connectivity index (χ4n) is 6.36. The second kappa shape index (κ2) is 11.3. The summed E-state index contributed by atoms with van der Waals surface area (Å²) >= 11 is 15.0. The summed E-state index contributed by atoms with van der Waals surface area (Å²) in [5.74, 6) is -0.744. The number of hydrogen-bond donors (Lipinski definition) is 0. The Morgan fingerprint density at radius 1 is 0.872 bits per heavy atom. The third-order valence-corrected chi connectivity index (χ3v) is 11.0. The molecule has 2 aliphatic rings. The van der Waals surface area contributed by atoms with Gasteiger partial charge in [-0.05, 0) is 54.4 Å². The Bertz CT molecular complexity index is 2320. The van der Waals surface area contributed by atoms with Crippen LogP contribution in [0.2, 0.25) is 10.0 Å². The molecule has 0 saturated heterocycles. The summed E-state index contributed by atoms with van der Waals surface area (Å²) in [5.41, 5.74) is 1.76. The first kappa shape index (κ1) is 29.9. The molecule has 2 aromatic heterocycles. The van der Waals surface area contributed by atoms with E-state index >= 15 is 4.79 Å². The normalized spacial score (nSPS) is 16.8. The molecule has 0 aliphatic carbocycles. The van der Waals surface area contributed by atoms with Crippen molar-refractivity contribution < 1.29 is 14.0 Å². The lowest BCUT2D eigenvalue weighted by Gasteiger charge is -2.32. The number of carbonyl (C=O) groups is 2. The molecule has 47 heavy (non-hydrogen) atoms. The van der Waals surface area contributed by atoms with E-state index in [1.165, 1.54) is 34.1 Å². The molecule has 4 aromatic carbocycles. The third kappa shape index (κ3) is 4.70. The lowest BCUT2D eigenvalue weighted by Crippen LogP contribution is -2.53. The SMILES string of the molecule is Cc1cccc(CN2C(=O)C3(c4ccccc42)c2c(oc4ccc(Cl)cc4c2=O)C(=O)N3c2nnc(SCc3ccc(Cl)cc3)s2)c1. The highest BCUT2D eigenvalue weighted by Crippen LogP contribution is 2.55. The molecule has 0 radical (unpaired) electrons. The molecule has 0 N–H and O–H groups in total. The number of benzene rings is 4. The molecular formula is C35H22Cl2N4O4S2. The molecular weight excluding hydrogens is 675 g/mol. The number of amides is 2. The first-order valence-corrected chi connectivity index (χ1v) is 17.1. The van der Waals surface area contributed by atoms with Crippen LogP contribution in [0.15, 0.2) is 105 Å². The van der Waals surface area contributed by atoms with E-state index in [1.807, 2.05) is 67.6 Å². The van der Waals surface area contributed by atoms with Crippen LogP contribution in [0.25, 0.3) is 11.0 Å². The highest BCUT2D eigenvalue weighted by atomic mass is 35.5. The van der Waals surface area contributed by atoms with E-state index in [9.17, 15) is 9.59 Å². The van der Waals surface area contributed by atoms with Gasteiger partial charge >= 0.3 is 0 Å². The Morgan fingerprint density at radius 2 is 1.66 bits per heavy atom. The molecule has 1 spiro atoms. The van der Waals surface area contributed by atoms with Crippen molar-refractivity contribution in [1.82, 2.24) is 10.2 Å². The van der Waals surface area contributed by atoms with Crippen LogP contribution in [0.3, 0.4) is 0 Å². The molecule has 1 unspecified atom stereocenters. The topological polar surface area (TPSA) is 96.6 Å². The molecule has 12 heteroatoms. The molecule has 0 fully saturated rings. The maximum Gasteiger partial charge on any atom is 0.297 e. The summed E-state index contributed by atoms with van der Waals surface area (Å²) in [6.07, 6.45) is 0. The van der Waals surface area contributed by atoms with E-state index in [-0.39, 0.29) is 34.0 Å². The quantitative estimate of drug-likeness (QED) is 0.129. The number of thioether (sulfide) groups is 1. The largest absolute Gasteiger partial charge is 0.450 e. The molecule has 0 bridgehead atoms. The van der Waals surface area contributed by atoms with Crippen LogP contribution < -0.4 is 15.2 Å². The minimum Gasteiger partial charge on any atom is -0.450 e. The monoisotopic (exact) mass is 696 g/mol. The first-order valence-electron chi connectivity index (χ1n) is 14.5. The number of hydrogen-bond acceptors (Lipinski definition) is 8. The first-order chi connectivity index (χ1) is 22.8. The van der Waals surface area contributed by atoms with Gasteiger partial charge in [-0.1, -0.05) is 106 Å². The average Bonchev–Trinajstić information content (AvgIpc) is 3.70. The number of aryl methyl sites for hydroxylation is 1. The lowest BCUT2D eigenvalue weighted by atomic mass is 9.84. The lowest BCUT2D eigenvalue weighted by molar-refractivity contribution is -0.121. The standard InChI is InChI=1S/C35H22Cl2N4O4S2/c1-19-5-4-6-21(15-19)17-40-26-8-3-2-7-25(26)35(32(40)44)28-29(42)24-16-23(37)13-14-27(24)45-30(28)31(43)41(35)33-38-39-34(47-33)46-18-20-9-11-22(36)12-10-20/h2-16H,17-18H2,1H3. The Balaban J connectivity index is 1.32. The Kier molecular flexibility index (Phi) is 7.21. The molecule has 6 aromatic rings. The molecule has 1 atom stereocenters. The predicted molar refractivity (Wildman–Crippen MR) is 185 cm³/mol. The van der Waals surface area contributed by atoms with Crippen molar-refractivity contribution in [2.24, 2.45) is 0 Å². The molecule has 8 rings (SSSR count). The van der Waals surface area contributed by atoms with Crippen LogP contribution in [0.1, 0.15) is 38.4 Å². The van der Waals surface area contributed by atoms with Crippen LogP contribution in [-0.2, 0) is 22.6 Å². The number of nitrogens with zero attached hydrogens (tertiary/aromatic N) is 4. The Hall–Kier alpha value is -4.48. The highest BCUT2D eigenvalue weighted by Gasteiger charge is 2.66. The third-order valence-electron chi connectivity index (χ3n) is 8.37. The summed E-state index contributed by atoms with van der Waals surface area (Å²) in [4.78, 5) is 47.1. The van der Waals surface area contributed by atoms with Gasteiger partial charge in [0.05, 0.1) is 23.2 Å². The molecule has 2 aliphatic heterocycles. The summed E-state index contributed by atoms with van der Waals surface area (Å²) in [5, 5.41) is 10.1. The number of anilines is 2. The number of aromatic nitrogens is 2. The van der Waals surface area contributed by atoms with Gasteiger partial charge in [-0.2, -0.15) is 0 Å². The van der Waals surface area contributed by atoms with E-state index < -0.39 is 22.8 Å². The maximum atomic E-state index is 15.1. The van der Waals surface area contributed by atoms with E-state index in [0.717, 1.165) is 16.7 Å². The van der Waals surface area contributed by atoms with Gasteiger partial charge < -0.3 is 9.32 Å². The van der Waals surface area contributed by atoms with Crippen LogP contribution in [-0.4, -0.2) is 22.0 Å². The van der Waals surface area contributed by atoms with Crippen molar-refractivity contribution >= 4 is 79.9 Å². The Morgan fingerprint density at radius 3 is 2.47 bits per heavy atom. The number of halogens is 2. The summed E-state index contributed by atoms with van der Waals surface area (Å²) in [6, 6.07) is 27.2. The van der Waals surface area contributed by atoms with E-state index in [0.29, 0.717) is 31.4 Å². The zero-order chi connectivity index (χ0) is 32.4. The number of carbonyl (C=O) groups excluding carboxylic acids is 2. The van der Waals surface area contributed by atoms with Gasteiger partial charge in [-0.25, -0.2) is 0 Å². The average molecular weight is 698 g/mol. The Labute approximate surface area is 286 Å². The van der Waals surface area contributed by atoms with Crippen LogP contribution in [0, 0.1) is 6.92 Å². The predicted octanol–water partition coefficient (Wildman–Crippen LogP) is 8.00. The van der Waals surface area contributed by atoms with E-state index in [1.54, 1.807) is 29.2 Å². The van der Waals surface area contributed by atoms with Gasteiger partial charge in [0.1, 0.15) is 5.58 Å². The van der Waals surface area contributed by atoms with Gasteiger partial charge in [0, 0.05) is 21.4 Å². The van der Waals surface area contributed by atoms with Crippen molar-refractivity contribution in [2.75, 3.05) is 9.80 Å². The van der Waals surface area contributed by atoms with Crippen molar-refractivity contribution in [3.63, 3.8) is 0 Å². The maximum absolute atomic E-state index is 15.1. The minimum absolute atomic E-state index is 0.0629. The summed E-state index contributed by atoms with van der Waals surface area (Å²) in [7, 11) is 0. The van der Waals surface area contributed by atoms with Gasteiger partial charge in [-0.15, -0.1) is 10.2 Å². The zero-order valence-corrected chi connectivity index (χ0v) is 27.7. The molecule has 4 heterocycles. The van der Waals surface area contributed by atoms with Crippen molar-refractivity contribution in [2.45, 2.75) is 29.1 Å². The van der Waals surface area contributed by atoms with Crippen molar-refractivity contribution in [3.8, 4) is 0 Å². The van der Waals surface area contributed by atoms with Gasteiger partial charge in [-0.3, -0.25) is 19.3 Å². The fraction of sp³-hybridized carbons (Fsp3) is 0.114. The van der Waals surface area contributed by atoms with E-state index in [2.05, 4.69) is 10.2 Å². The fourth-order valence-corrected chi connectivity index (χ4v) is 8.51. The summed E-state index contributed by atoms with van der Waals surface area (Å²) in [6.45, 7) is 2.21. The molecule has 0 saturated carbocycles. The highest BCUT2D eigenvalue weighted by molar-refractivity contribution is 8.00.